The lowest BCUT2D eigenvalue weighted by molar-refractivity contribution is -0.137. The second kappa shape index (κ2) is 7.62. The van der Waals surface area contributed by atoms with E-state index in [9.17, 15) is 9.59 Å². The van der Waals surface area contributed by atoms with E-state index < -0.39 is 12.6 Å². The summed E-state index contributed by atoms with van der Waals surface area (Å²) < 4.78 is 7.99. The molecule has 20 heavy (non-hydrogen) atoms. The zero-order valence-corrected chi connectivity index (χ0v) is 13.3. The molecule has 0 unspecified atom stereocenters. The standard InChI is InChI=1S/C15H29N3O2/c1-6-13-8-7-9-18(13)15(20)12(3)16-14(19)11(2)10-17(4)5/h11-13H,6-10H2,1-5H3,(H,16,19)/t11-,12+,13+/m1/s1/i9T/t9-,11-,12+,13+. The number of likely N-dealkylation sites (tertiary alicyclic amines) is 1. The summed E-state index contributed by atoms with van der Waals surface area (Å²) >= 11 is 0. The molecule has 0 bridgehead atoms. The minimum Gasteiger partial charge on any atom is -0.344 e. The molecule has 0 aliphatic carbocycles. The molecule has 1 aliphatic heterocycles. The highest BCUT2D eigenvalue weighted by atomic mass is 16.2. The average Bonchev–Trinajstić information content (AvgIpc) is 2.77. The van der Waals surface area contributed by atoms with E-state index >= 15 is 0 Å². The van der Waals surface area contributed by atoms with Gasteiger partial charge in [0.05, 0.1) is 0 Å². The van der Waals surface area contributed by atoms with Gasteiger partial charge in [0, 0.05) is 26.4 Å². The monoisotopic (exact) mass is 285 g/mol. The quantitative estimate of drug-likeness (QED) is 0.795. The van der Waals surface area contributed by atoms with E-state index in [4.69, 9.17) is 1.37 Å². The molecular weight excluding hydrogens is 254 g/mol. The molecule has 0 aromatic carbocycles. The second-order valence-electron chi connectivity index (χ2n) is 5.96. The van der Waals surface area contributed by atoms with E-state index in [0.717, 1.165) is 19.3 Å². The average molecular weight is 285 g/mol. The molecule has 1 aliphatic rings. The van der Waals surface area contributed by atoms with Gasteiger partial charge in [0.1, 0.15) is 6.04 Å². The molecule has 1 heterocycles. The zero-order chi connectivity index (χ0) is 16.2. The van der Waals surface area contributed by atoms with Crippen LogP contribution in [0.5, 0.6) is 0 Å². The maximum Gasteiger partial charge on any atom is 0.245 e. The van der Waals surface area contributed by atoms with Crippen molar-refractivity contribution in [3.8, 4) is 0 Å². The summed E-state index contributed by atoms with van der Waals surface area (Å²) in [6.07, 6.45) is 2.47. The number of hydrogen-bond donors (Lipinski definition) is 1. The van der Waals surface area contributed by atoms with Crippen LogP contribution in [0.4, 0.5) is 0 Å². The van der Waals surface area contributed by atoms with Gasteiger partial charge in [-0.3, -0.25) is 9.59 Å². The second-order valence-corrected chi connectivity index (χ2v) is 5.96. The van der Waals surface area contributed by atoms with E-state index in [1.165, 1.54) is 0 Å². The number of carbonyl (C=O) groups excluding carboxylic acids is 2. The number of rotatable bonds is 6. The van der Waals surface area contributed by atoms with Crippen molar-refractivity contribution in [1.82, 2.24) is 15.1 Å². The Hall–Kier alpha value is -1.10. The Labute approximate surface area is 124 Å². The first-order valence-electron chi connectivity index (χ1n) is 8.05. The minimum absolute atomic E-state index is 0.113. The van der Waals surface area contributed by atoms with Gasteiger partial charge in [-0.25, -0.2) is 0 Å². The Balaban J connectivity index is 2.60. The lowest BCUT2D eigenvalue weighted by Crippen LogP contribution is -2.50. The molecule has 5 nitrogen and oxygen atoms in total. The fourth-order valence-corrected chi connectivity index (χ4v) is 2.64. The first-order valence-corrected chi connectivity index (χ1v) is 7.47. The van der Waals surface area contributed by atoms with Gasteiger partial charge in [-0.1, -0.05) is 13.8 Å². The van der Waals surface area contributed by atoms with Crippen LogP contribution < -0.4 is 5.32 Å². The Morgan fingerprint density at radius 3 is 2.65 bits per heavy atom. The third kappa shape index (κ3) is 4.47. The number of nitrogens with zero attached hydrogens (tertiary/aromatic N) is 2. The van der Waals surface area contributed by atoms with E-state index in [-0.39, 0.29) is 23.8 Å². The molecule has 1 N–H and O–H groups in total. The van der Waals surface area contributed by atoms with Crippen molar-refractivity contribution in [2.24, 2.45) is 5.92 Å². The van der Waals surface area contributed by atoms with E-state index in [1.807, 2.05) is 32.8 Å². The molecule has 5 heteroatoms. The normalized spacial score (nSPS) is 26.3. The predicted octanol–water partition coefficient (Wildman–Crippen LogP) is 1.09. The molecule has 0 radical (unpaired) electrons. The topological polar surface area (TPSA) is 52.7 Å². The number of nitrogens with one attached hydrogen (secondary N) is 1. The lowest BCUT2D eigenvalue weighted by Gasteiger charge is -2.28. The molecule has 0 saturated carbocycles. The van der Waals surface area contributed by atoms with Crippen molar-refractivity contribution in [2.75, 3.05) is 27.2 Å². The fraction of sp³-hybridized carbons (Fsp3) is 0.867. The van der Waals surface area contributed by atoms with Gasteiger partial charge in [0.25, 0.3) is 0 Å². The van der Waals surface area contributed by atoms with Crippen LogP contribution in [0.2, 0.25) is 0 Å². The lowest BCUT2D eigenvalue weighted by atomic mass is 10.1. The zero-order valence-electron chi connectivity index (χ0n) is 14.3. The Kier molecular flexibility index (Phi) is 5.83. The molecule has 116 valence electrons. The highest BCUT2D eigenvalue weighted by molar-refractivity contribution is 5.88. The van der Waals surface area contributed by atoms with Crippen molar-refractivity contribution in [3.63, 3.8) is 0 Å². The van der Waals surface area contributed by atoms with Crippen molar-refractivity contribution < 1.29 is 11.0 Å². The number of hydrogen-bond acceptors (Lipinski definition) is 3. The van der Waals surface area contributed by atoms with Crippen LogP contribution in [0, 0.1) is 5.92 Å². The highest BCUT2D eigenvalue weighted by Gasteiger charge is 2.31. The molecule has 0 aromatic heterocycles. The van der Waals surface area contributed by atoms with Crippen LogP contribution in [0.3, 0.4) is 0 Å². The van der Waals surface area contributed by atoms with Crippen molar-refractivity contribution in [3.05, 3.63) is 0 Å². The number of carbonyl (C=O) groups is 2. The van der Waals surface area contributed by atoms with Gasteiger partial charge in [-0.15, -0.1) is 0 Å². The van der Waals surface area contributed by atoms with Gasteiger partial charge >= 0.3 is 0 Å². The third-order valence-corrected chi connectivity index (χ3v) is 3.76. The van der Waals surface area contributed by atoms with Crippen LogP contribution in [0.15, 0.2) is 0 Å². The van der Waals surface area contributed by atoms with Crippen molar-refractivity contribution in [1.29, 1.82) is 0 Å². The molecule has 2 amide bonds. The Bertz CT molecular complexity index is 376. The van der Waals surface area contributed by atoms with Gasteiger partial charge in [-0.05, 0) is 40.3 Å². The van der Waals surface area contributed by atoms with E-state index in [0.29, 0.717) is 6.54 Å². The molecule has 4 atom stereocenters. The summed E-state index contributed by atoms with van der Waals surface area (Å²) in [7, 11) is 3.83. The molecule has 1 saturated heterocycles. The minimum atomic E-state index is -0.567. The summed E-state index contributed by atoms with van der Waals surface area (Å²) in [4.78, 5) is 28.2. The maximum absolute atomic E-state index is 12.5. The summed E-state index contributed by atoms with van der Waals surface area (Å²) in [5.41, 5.74) is 0. The van der Waals surface area contributed by atoms with Crippen LogP contribution in [0.25, 0.3) is 0 Å². The fourth-order valence-electron chi connectivity index (χ4n) is 2.64. The van der Waals surface area contributed by atoms with Crippen molar-refractivity contribution >= 4 is 11.8 Å². The SMILES string of the molecule is [3H][C@@H]1CC[C@H](CC)N1C(=O)[C@H](C)NC(=O)[C@H](C)CN(C)C. The first-order chi connectivity index (χ1) is 9.77. The maximum atomic E-state index is 12.5. The van der Waals surface area contributed by atoms with Gasteiger partial charge in [-0.2, -0.15) is 0 Å². The largest absolute Gasteiger partial charge is 0.344 e. The van der Waals surface area contributed by atoms with Crippen LogP contribution >= 0.6 is 0 Å². The molecule has 1 fully saturated rings. The van der Waals surface area contributed by atoms with E-state index in [2.05, 4.69) is 5.32 Å². The van der Waals surface area contributed by atoms with E-state index in [1.54, 1.807) is 11.8 Å². The highest BCUT2D eigenvalue weighted by Crippen LogP contribution is 2.20. The smallest absolute Gasteiger partial charge is 0.245 e. The van der Waals surface area contributed by atoms with Gasteiger partial charge < -0.3 is 15.1 Å². The molecule has 1 rings (SSSR count). The van der Waals surface area contributed by atoms with Gasteiger partial charge in [0.2, 0.25) is 11.8 Å². The number of amides is 2. The summed E-state index contributed by atoms with van der Waals surface area (Å²) in [6.45, 7) is 5.77. The Morgan fingerprint density at radius 1 is 1.45 bits per heavy atom. The molecule has 0 aromatic rings. The summed E-state index contributed by atoms with van der Waals surface area (Å²) in [5, 5.41) is 2.79. The molecule has 0 spiro atoms. The summed E-state index contributed by atoms with van der Waals surface area (Å²) in [5.74, 6) is -0.411. The predicted molar refractivity (Wildman–Crippen MR) is 80.3 cm³/mol. The summed E-state index contributed by atoms with van der Waals surface area (Å²) in [6, 6.07) is -0.430. The molecular formula is C15H29N3O2. The van der Waals surface area contributed by atoms with Crippen LogP contribution in [0.1, 0.15) is 41.4 Å². The Morgan fingerprint density at radius 2 is 2.10 bits per heavy atom. The van der Waals surface area contributed by atoms with Gasteiger partial charge in [0.15, 0.2) is 0 Å². The van der Waals surface area contributed by atoms with Crippen LogP contribution in [-0.2, 0) is 9.59 Å². The van der Waals surface area contributed by atoms with Crippen molar-refractivity contribution in [2.45, 2.75) is 52.1 Å². The third-order valence-electron chi connectivity index (χ3n) is 3.76. The van der Waals surface area contributed by atoms with Crippen LogP contribution in [-0.4, -0.2) is 60.9 Å². The first kappa shape index (κ1) is 15.3.